The Bertz CT molecular complexity index is 143. The molecule has 3 atom stereocenters. The van der Waals surface area contributed by atoms with E-state index in [1.807, 2.05) is 0 Å². The van der Waals surface area contributed by atoms with E-state index >= 15 is 0 Å². The zero-order valence-electron chi connectivity index (χ0n) is 9.76. The highest BCUT2D eigenvalue weighted by molar-refractivity contribution is 4.79. The summed E-state index contributed by atoms with van der Waals surface area (Å²) in [6, 6.07) is 0.774. The molecule has 1 rings (SSSR count). The molecule has 0 radical (unpaired) electrons. The van der Waals surface area contributed by atoms with E-state index in [1.165, 1.54) is 32.1 Å². The van der Waals surface area contributed by atoms with E-state index in [9.17, 15) is 0 Å². The predicted molar refractivity (Wildman–Crippen MR) is 62.3 cm³/mol. The molecule has 0 heterocycles. The number of hydrogen-bond donors (Lipinski definition) is 2. The molecule has 0 aliphatic heterocycles. The highest BCUT2D eigenvalue weighted by Gasteiger charge is 2.21. The molecule has 1 fully saturated rings. The normalized spacial score (nSPS) is 29.4. The maximum absolute atomic E-state index is 5.73. The Morgan fingerprint density at radius 1 is 1.43 bits per heavy atom. The van der Waals surface area contributed by atoms with Gasteiger partial charge in [-0.05, 0) is 50.6 Å². The van der Waals surface area contributed by atoms with Crippen molar-refractivity contribution in [3.05, 3.63) is 0 Å². The molecule has 0 aromatic heterocycles. The Labute approximate surface area is 88.6 Å². The van der Waals surface area contributed by atoms with Crippen LogP contribution in [-0.4, -0.2) is 19.1 Å². The number of hydrogen-bond acceptors (Lipinski definition) is 2. The van der Waals surface area contributed by atoms with Crippen LogP contribution in [0.25, 0.3) is 0 Å². The zero-order chi connectivity index (χ0) is 10.4. The van der Waals surface area contributed by atoms with Crippen LogP contribution in [0, 0.1) is 11.8 Å². The standard InChI is InChI=1S/C12H26N2/c1-3-4-11(8-13)9-14-12-6-5-10(2)7-12/h10-12,14H,3-9,13H2,1-2H3. The predicted octanol–water partition coefficient (Wildman–Crippen LogP) is 2.14. The average molecular weight is 198 g/mol. The molecule has 0 spiro atoms. The van der Waals surface area contributed by atoms with Gasteiger partial charge in [-0.2, -0.15) is 0 Å². The van der Waals surface area contributed by atoms with Gasteiger partial charge in [-0.15, -0.1) is 0 Å². The molecule has 3 N–H and O–H groups in total. The van der Waals surface area contributed by atoms with Gasteiger partial charge in [0.25, 0.3) is 0 Å². The average Bonchev–Trinajstić information content (AvgIpc) is 2.59. The molecule has 14 heavy (non-hydrogen) atoms. The highest BCUT2D eigenvalue weighted by Crippen LogP contribution is 2.24. The number of nitrogens with one attached hydrogen (secondary N) is 1. The van der Waals surface area contributed by atoms with Gasteiger partial charge in [0.15, 0.2) is 0 Å². The molecule has 1 aliphatic carbocycles. The smallest absolute Gasteiger partial charge is 0.00698 e. The van der Waals surface area contributed by atoms with E-state index in [4.69, 9.17) is 5.73 Å². The number of nitrogens with two attached hydrogens (primary N) is 1. The van der Waals surface area contributed by atoms with Crippen molar-refractivity contribution in [2.45, 2.75) is 52.0 Å². The first-order chi connectivity index (χ1) is 6.76. The molecular weight excluding hydrogens is 172 g/mol. The van der Waals surface area contributed by atoms with Crippen LogP contribution in [0.15, 0.2) is 0 Å². The summed E-state index contributed by atoms with van der Waals surface area (Å²) in [4.78, 5) is 0. The first-order valence-corrected chi connectivity index (χ1v) is 6.19. The summed E-state index contributed by atoms with van der Waals surface area (Å²) in [6.45, 7) is 6.55. The second-order valence-electron chi connectivity index (χ2n) is 4.91. The van der Waals surface area contributed by atoms with Crippen LogP contribution < -0.4 is 11.1 Å². The van der Waals surface area contributed by atoms with Crippen molar-refractivity contribution in [3.8, 4) is 0 Å². The lowest BCUT2D eigenvalue weighted by Gasteiger charge is -2.18. The van der Waals surface area contributed by atoms with Crippen LogP contribution in [-0.2, 0) is 0 Å². The minimum Gasteiger partial charge on any atom is -0.330 e. The molecule has 0 aromatic rings. The van der Waals surface area contributed by atoms with Crippen LogP contribution in [0.2, 0.25) is 0 Å². The summed E-state index contributed by atoms with van der Waals surface area (Å²) in [5.41, 5.74) is 5.73. The fourth-order valence-corrected chi connectivity index (χ4v) is 2.44. The maximum atomic E-state index is 5.73. The molecule has 2 heteroatoms. The summed E-state index contributed by atoms with van der Waals surface area (Å²) in [7, 11) is 0. The van der Waals surface area contributed by atoms with Gasteiger partial charge in [-0.3, -0.25) is 0 Å². The van der Waals surface area contributed by atoms with Crippen LogP contribution in [0.1, 0.15) is 46.0 Å². The molecule has 0 saturated heterocycles. The maximum Gasteiger partial charge on any atom is 0.00698 e. The Hall–Kier alpha value is -0.0800. The SMILES string of the molecule is CCCC(CN)CNC1CCC(C)C1. The molecule has 3 unspecified atom stereocenters. The van der Waals surface area contributed by atoms with Crippen molar-refractivity contribution in [1.29, 1.82) is 0 Å². The third-order valence-corrected chi connectivity index (χ3v) is 3.42. The van der Waals surface area contributed by atoms with Crippen LogP contribution in [0.5, 0.6) is 0 Å². The Morgan fingerprint density at radius 2 is 2.21 bits per heavy atom. The highest BCUT2D eigenvalue weighted by atomic mass is 14.9. The lowest BCUT2D eigenvalue weighted by Crippen LogP contribution is -2.34. The second-order valence-corrected chi connectivity index (χ2v) is 4.91. The monoisotopic (exact) mass is 198 g/mol. The van der Waals surface area contributed by atoms with E-state index in [-0.39, 0.29) is 0 Å². The quantitative estimate of drug-likeness (QED) is 0.686. The molecule has 0 amide bonds. The zero-order valence-corrected chi connectivity index (χ0v) is 9.76. The van der Waals surface area contributed by atoms with Crippen LogP contribution in [0.3, 0.4) is 0 Å². The van der Waals surface area contributed by atoms with Gasteiger partial charge in [-0.1, -0.05) is 20.3 Å². The molecule has 84 valence electrons. The van der Waals surface area contributed by atoms with Gasteiger partial charge in [0.05, 0.1) is 0 Å². The van der Waals surface area contributed by atoms with E-state index in [0.29, 0.717) is 5.92 Å². The summed E-state index contributed by atoms with van der Waals surface area (Å²) in [5.74, 6) is 1.62. The molecule has 0 bridgehead atoms. The lowest BCUT2D eigenvalue weighted by atomic mass is 10.0. The number of rotatable bonds is 6. The first-order valence-electron chi connectivity index (χ1n) is 6.19. The summed E-state index contributed by atoms with van der Waals surface area (Å²) in [5, 5.41) is 3.67. The first kappa shape index (κ1) is 12.0. The van der Waals surface area contributed by atoms with Gasteiger partial charge in [0.2, 0.25) is 0 Å². The minimum atomic E-state index is 0.691. The van der Waals surface area contributed by atoms with Gasteiger partial charge < -0.3 is 11.1 Å². The topological polar surface area (TPSA) is 38.0 Å². The van der Waals surface area contributed by atoms with Crippen molar-refractivity contribution in [3.63, 3.8) is 0 Å². The third kappa shape index (κ3) is 3.97. The van der Waals surface area contributed by atoms with E-state index < -0.39 is 0 Å². The third-order valence-electron chi connectivity index (χ3n) is 3.42. The fraction of sp³-hybridized carbons (Fsp3) is 1.00. The lowest BCUT2D eigenvalue weighted by molar-refractivity contribution is 0.405. The van der Waals surface area contributed by atoms with Gasteiger partial charge in [0, 0.05) is 6.04 Å². The fourth-order valence-electron chi connectivity index (χ4n) is 2.44. The van der Waals surface area contributed by atoms with Crippen LogP contribution in [0.4, 0.5) is 0 Å². The Balaban J connectivity index is 2.12. The van der Waals surface area contributed by atoms with Crippen molar-refractivity contribution in [1.82, 2.24) is 5.32 Å². The largest absolute Gasteiger partial charge is 0.330 e. The van der Waals surface area contributed by atoms with Gasteiger partial charge in [0.1, 0.15) is 0 Å². The van der Waals surface area contributed by atoms with Gasteiger partial charge >= 0.3 is 0 Å². The van der Waals surface area contributed by atoms with Crippen molar-refractivity contribution in [2.75, 3.05) is 13.1 Å². The van der Waals surface area contributed by atoms with Gasteiger partial charge in [-0.25, -0.2) is 0 Å². The minimum absolute atomic E-state index is 0.691. The van der Waals surface area contributed by atoms with Crippen molar-refractivity contribution < 1.29 is 0 Å². The molecule has 1 aliphatic rings. The Kier molecular flexibility index (Phi) is 5.49. The second kappa shape index (κ2) is 6.41. The molecule has 1 saturated carbocycles. The van der Waals surface area contributed by atoms with Crippen molar-refractivity contribution >= 4 is 0 Å². The van der Waals surface area contributed by atoms with E-state index in [2.05, 4.69) is 19.2 Å². The Morgan fingerprint density at radius 3 is 2.71 bits per heavy atom. The summed E-state index contributed by atoms with van der Waals surface area (Å²) < 4.78 is 0. The van der Waals surface area contributed by atoms with E-state index in [0.717, 1.165) is 25.0 Å². The van der Waals surface area contributed by atoms with Crippen molar-refractivity contribution in [2.24, 2.45) is 17.6 Å². The van der Waals surface area contributed by atoms with Crippen LogP contribution >= 0.6 is 0 Å². The van der Waals surface area contributed by atoms with E-state index in [1.54, 1.807) is 0 Å². The molecular formula is C12H26N2. The summed E-state index contributed by atoms with van der Waals surface area (Å²) >= 11 is 0. The summed E-state index contributed by atoms with van der Waals surface area (Å²) in [6.07, 6.45) is 6.66. The molecule has 2 nitrogen and oxygen atoms in total. The molecule has 0 aromatic carbocycles.